The molecule has 2 amide bonds. The van der Waals surface area contributed by atoms with Gasteiger partial charge in [0.15, 0.2) is 0 Å². The predicted molar refractivity (Wildman–Crippen MR) is 183 cm³/mol. The summed E-state index contributed by atoms with van der Waals surface area (Å²) in [5.41, 5.74) is 1.28. The van der Waals surface area contributed by atoms with Crippen LogP contribution in [0.4, 0.5) is 4.39 Å². The van der Waals surface area contributed by atoms with Crippen LogP contribution in [-0.4, -0.2) is 75.6 Å². The van der Waals surface area contributed by atoms with Crippen molar-refractivity contribution < 1.29 is 22.9 Å². The van der Waals surface area contributed by atoms with Crippen molar-refractivity contribution >= 4 is 28.6 Å². The lowest BCUT2D eigenvalue weighted by atomic mass is 9.89. The number of hydrogen-bond acceptors (Lipinski definition) is 5. The molecular weight excluding hydrogens is 603 g/mol. The number of rotatable bonds is 14. The summed E-state index contributed by atoms with van der Waals surface area (Å²) in [5, 5.41) is 2.94. The Bertz CT molecular complexity index is 1490. The van der Waals surface area contributed by atoms with E-state index in [1.54, 1.807) is 23.1 Å². The molecule has 4 rings (SSSR count). The Morgan fingerprint density at radius 2 is 1.96 bits per heavy atom. The van der Waals surface area contributed by atoms with Crippen LogP contribution in [0.2, 0.25) is 0 Å². The van der Waals surface area contributed by atoms with E-state index in [0.717, 1.165) is 36.9 Å². The van der Waals surface area contributed by atoms with Gasteiger partial charge < -0.3 is 15.0 Å². The Labute approximate surface area is 276 Å². The van der Waals surface area contributed by atoms with Gasteiger partial charge in [0.25, 0.3) is 11.8 Å². The Balaban J connectivity index is 1.38. The number of alkyl halides is 1. The highest BCUT2D eigenvalue weighted by molar-refractivity contribution is 7.82. The predicted octanol–water partition coefficient (Wildman–Crippen LogP) is 6.03. The highest BCUT2D eigenvalue weighted by atomic mass is 32.2. The molecule has 0 saturated carbocycles. The second kappa shape index (κ2) is 15.5. The molecule has 2 aliphatic rings. The van der Waals surface area contributed by atoms with Gasteiger partial charge in [-0.25, -0.2) is 12.9 Å². The van der Waals surface area contributed by atoms with E-state index in [0.29, 0.717) is 73.0 Å². The van der Waals surface area contributed by atoms with Crippen LogP contribution >= 0.6 is 0 Å². The maximum Gasteiger partial charge on any atom is 0.253 e. The van der Waals surface area contributed by atoms with Crippen LogP contribution in [0.5, 0.6) is 5.75 Å². The topological polar surface area (TPSA) is 91.3 Å². The van der Waals surface area contributed by atoms with E-state index < -0.39 is 22.2 Å². The molecule has 0 bridgehead atoms. The van der Waals surface area contributed by atoms with Crippen molar-refractivity contribution in [2.75, 3.05) is 39.0 Å². The summed E-state index contributed by atoms with van der Waals surface area (Å²) in [4.78, 5) is 32.7. The van der Waals surface area contributed by atoms with E-state index in [9.17, 15) is 13.8 Å². The summed E-state index contributed by atoms with van der Waals surface area (Å²) < 4.78 is 36.1. The molecule has 8 nitrogen and oxygen atoms in total. The number of aliphatic imine (C=N–C) groups is 1. The van der Waals surface area contributed by atoms with Gasteiger partial charge in [0.05, 0.1) is 17.6 Å². The van der Waals surface area contributed by atoms with Crippen molar-refractivity contribution in [2.45, 2.75) is 84.4 Å². The minimum atomic E-state index is -1.60. The van der Waals surface area contributed by atoms with Gasteiger partial charge in [-0.15, -0.1) is 0 Å². The van der Waals surface area contributed by atoms with Crippen LogP contribution < -0.4 is 10.1 Å². The molecule has 46 heavy (non-hydrogen) atoms. The molecule has 250 valence electrons. The van der Waals surface area contributed by atoms with Crippen LogP contribution in [0.1, 0.15) is 92.4 Å². The summed E-state index contributed by atoms with van der Waals surface area (Å²) in [7, 11) is 0.612. The van der Waals surface area contributed by atoms with E-state index in [2.05, 4.69) is 12.2 Å². The number of allylic oxidation sites excluding steroid dienone is 1. The number of nitrogens with one attached hydrogen (secondary N) is 1. The molecule has 1 saturated heterocycles. The lowest BCUT2D eigenvalue weighted by molar-refractivity contribution is -0.124. The number of nitrogens with zero attached hydrogens (tertiary/aromatic N) is 3. The molecule has 2 heterocycles. The summed E-state index contributed by atoms with van der Waals surface area (Å²) in [5.74, 6) is 1.24. The van der Waals surface area contributed by atoms with Crippen molar-refractivity contribution in [3.05, 3.63) is 76.4 Å². The van der Waals surface area contributed by atoms with Crippen LogP contribution in [0.15, 0.2) is 53.5 Å². The number of halogens is 1. The number of benzene rings is 2. The number of aryl methyl sites for hydroxylation is 2. The fraction of sp³-hybridized carbons (Fsp3) is 0.528. The standard InChI is InChI=1S/C36H49FN4O4S/c1-7-9-11-20-45-31-24-29(23-30(25-31)35(4,5)37)32-38-34(43)36(39-32)15-18-41(19-16-36)46(44)21-14-27-12-13-28(22-26(27)3)33(42)40(6)17-10-8-2/h7,9,12-13,22-25H,8,10-11,14-21H2,1-6H3,(H,38,39,43)/b9-7+. The first-order valence-electron chi connectivity index (χ1n) is 16.4. The third-order valence-corrected chi connectivity index (χ3v) is 10.3. The number of carbonyl (C=O) groups is 2. The van der Waals surface area contributed by atoms with E-state index in [1.165, 1.54) is 13.8 Å². The summed E-state index contributed by atoms with van der Waals surface area (Å²) in [6, 6.07) is 11.0. The number of piperidine rings is 1. The van der Waals surface area contributed by atoms with Gasteiger partial charge in [-0.3, -0.25) is 14.6 Å². The average molecular weight is 653 g/mol. The van der Waals surface area contributed by atoms with E-state index in [1.807, 2.05) is 55.6 Å². The minimum Gasteiger partial charge on any atom is -0.493 e. The van der Waals surface area contributed by atoms with Gasteiger partial charge >= 0.3 is 0 Å². The van der Waals surface area contributed by atoms with Crippen molar-refractivity contribution in [3.8, 4) is 5.75 Å². The second-order valence-corrected chi connectivity index (χ2v) is 14.4. The van der Waals surface area contributed by atoms with Gasteiger partial charge in [0, 0.05) is 43.6 Å². The highest BCUT2D eigenvalue weighted by Crippen LogP contribution is 2.34. The summed E-state index contributed by atoms with van der Waals surface area (Å²) in [6.07, 6.45) is 8.22. The molecule has 1 N–H and O–H groups in total. The quantitative estimate of drug-likeness (QED) is 0.199. The maximum absolute atomic E-state index is 15.0. The smallest absolute Gasteiger partial charge is 0.253 e. The molecule has 0 radical (unpaired) electrons. The monoisotopic (exact) mass is 652 g/mol. The zero-order chi connectivity index (χ0) is 33.5. The molecule has 1 atom stereocenters. The van der Waals surface area contributed by atoms with Crippen molar-refractivity contribution in [1.29, 1.82) is 0 Å². The molecule has 2 aromatic rings. The van der Waals surface area contributed by atoms with Gasteiger partial charge in [0.1, 0.15) is 22.8 Å². The van der Waals surface area contributed by atoms with Gasteiger partial charge in [-0.1, -0.05) is 31.6 Å². The normalized spacial score (nSPS) is 17.3. The molecule has 0 aliphatic carbocycles. The van der Waals surface area contributed by atoms with E-state index in [4.69, 9.17) is 9.73 Å². The zero-order valence-electron chi connectivity index (χ0n) is 28.2. The number of ether oxygens (including phenoxy) is 1. The zero-order valence-corrected chi connectivity index (χ0v) is 29.0. The Morgan fingerprint density at radius 3 is 2.61 bits per heavy atom. The van der Waals surface area contributed by atoms with Crippen molar-refractivity contribution in [3.63, 3.8) is 0 Å². The SMILES string of the molecule is C/C=C/CCOc1cc(C2=NC3(CCN(S(=O)CCc4ccc(C(=O)N(C)CCCC)cc4C)CC3)C(=O)N2)cc(C(C)(C)F)c1. The summed E-state index contributed by atoms with van der Waals surface area (Å²) in [6.45, 7) is 11.2. The highest BCUT2D eigenvalue weighted by Gasteiger charge is 2.46. The first kappa shape index (κ1) is 35.5. The lowest BCUT2D eigenvalue weighted by Gasteiger charge is -2.34. The molecule has 2 aromatic carbocycles. The van der Waals surface area contributed by atoms with Crippen molar-refractivity contribution in [1.82, 2.24) is 14.5 Å². The van der Waals surface area contributed by atoms with Gasteiger partial charge in [-0.05, 0) is 107 Å². The Hall–Kier alpha value is -3.37. The fourth-order valence-electron chi connectivity index (χ4n) is 5.78. The van der Waals surface area contributed by atoms with Crippen LogP contribution in [-0.2, 0) is 27.9 Å². The largest absolute Gasteiger partial charge is 0.493 e. The molecular formula is C36H49FN4O4S. The van der Waals surface area contributed by atoms with Gasteiger partial charge in [0.2, 0.25) is 0 Å². The number of hydrogen-bond donors (Lipinski definition) is 1. The first-order valence-corrected chi connectivity index (χ1v) is 17.6. The molecule has 1 fully saturated rings. The average Bonchev–Trinajstić information content (AvgIpc) is 3.35. The molecule has 10 heteroatoms. The van der Waals surface area contributed by atoms with Crippen molar-refractivity contribution in [2.24, 2.45) is 4.99 Å². The Kier molecular flexibility index (Phi) is 11.9. The first-order chi connectivity index (χ1) is 21.9. The number of amidine groups is 1. The van der Waals surface area contributed by atoms with Crippen LogP contribution in [0.3, 0.4) is 0 Å². The number of carbonyl (C=O) groups excluding carboxylic acids is 2. The lowest BCUT2D eigenvalue weighted by Crippen LogP contribution is -2.49. The Morgan fingerprint density at radius 1 is 1.22 bits per heavy atom. The summed E-state index contributed by atoms with van der Waals surface area (Å²) >= 11 is 0. The third-order valence-electron chi connectivity index (χ3n) is 8.80. The molecule has 0 aromatic heterocycles. The number of unbranched alkanes of at least 4 members (excludes halogenated alkanes) is 1. The van der Waals surface area contributed by atoms with Crippen LogP contribution in [0.25, 0.3) is 0 Å². The molecule has 2 aliphatic heterocycles. The molecule has 1 unspecified atom stereocenters. The van der Waals surface area contributed by atoms with Crippen LogP contribution in [0, 0.1) is 6.92 Å². The fourth-order valence-corrected chi connectivity index (χ4v) is 7.02. The maximum atomic E-state index is 15.0. The van der Waals surface area contributed by atoms with Gasteiger partial charge in [-0.2, -0.15) is 0 Å². The number of amides is 2. The van der Waals surface area contributed by atoms with E-state index >= 15 is 4.39 Å². The minimum absolute atomic E-state index is 0.0171. The second-order valence-electron chi connectivity index (χ2n) is 12.8. The third kappa shape index (κ3) is 8.70. The molecule has 1 spiro atoms. The van der Waals surface area contributed by atoms with E-state index in [-0.39, 0.29) is 11.8 Å².